The van der Waals surface area contributed by atoms with Gasteiger partial charge in [0.2, 0.25) is 5.91 Å². The van der Waals surface area contributed by atoms with Gasteiger partial charge in [0.15, 0.2) is 5.65 Å². The summed E-state index contributed by atoms with van der Waals surface area (Å²) in [5, 5.41) is 2.97. The summed E-state index contributed by atoms with van der Waals surface area (Å²) < 4.78 is 2.39. The number of nitrogens with zero attached hydrogens (tertiary/aromatic N) is 5. The van der Waals surface area contributed by atoms with Crippen LogP contribution in [0.25, 0.3) is 22.6 Å². The van der Waals surface area contributed by atoms with E-state index < -0.39 is 11.2 Å². The number of carbonyl (C=O) groups excluding carboxylic acids is 1. The van der Waals surface area contributed by atoms with Gasteiger partial charge in [-0.15, -0.1) is 0 Å². The molecule has 0 atom stereocenters. The summed E-state index contributed by atoms with van der Waals surface area (Å²) >= 11 is 0. The number of hydrogen-bond donors (Lipinski definition) is 2. The lowest BCUT2D eigenvalue weighted by Crippen LogP contribution is -2.36. The summed E-state index contributed by atoms with van der Waals surface area (Å²) in [6.07, 6.45) is 7.83. The number of H-pyrrole nitrogens is 1. The molecule has 4 aromatic heterocycles. The van der Waals surface area contributed by atoms with Crippen molar-refractivity contribution in [1.82, 2.24) is 34.4 Å². The number of hydrogen-bond acceptors (Lipinski definition) is 6. The fraction of sp³-hybridized carbons (Fsp3) is 0.385. The highest BCUT2D eigenvalue weighted by Gasteiger charge is 2.13. The SMILES string of the molecule is Cc1ccnc(-c2cc(CCCCNC(=O)CCCc3nc4c([nH]3)c(=O)n(C)c(=O)n4C)ccn2)c1. The summed E-state index contributed by atoms with van der Waals surface area (Å²) in [5.41, 5.74) is 3.91. The number of amides is 1. The molecular formula is C26H31N7O3. The Kier molecular flexibility index (Phi) is 7.72. The van der Waals surface area contributed by atoms with Gasteiger partial charge in [-0.1, -0.05) is 0 Å². The lowest BCUT2D eigenvalue weighted by atomic mass is 10.1. The molecule has 0 aliphatic carbocycles. The van der Waals surface area contributed by atoms with Crippen molar-refractivity contribution in [3.63, 3.8) is 0 Å². The van der Waals surface area contributed by atoms with E-state index in [2.05, 4.69) is 31.3 Å². The second kappa shape index (κ2) is 11.1. The molecule has 1 amide bonds. The minimum Gasteiger partial charge on any atom is -0.356 e. The highest BCUT2D eigenvalue weighted by Crippen LogP contribution is 2.17. The van der Waals surface area contributed by atoms with Gasteiger partial charge in [0.25, 0.3) is 5.56 Å². The first-order valence-electron chi connectivity index (χ1n) is 12.1. The normalized spacial score (nSPS) is 11.2. The van der Waals surface area contributed by atoms with E-state index in [-0.39, 0.29) is 5.91 Å². The van der Waals surface area contributed by atoms with E-state index in [4.69, 9.17) is 0 Å². The maximum Gasteiger partial charge on any atom is 0.332 e. The van der Waals surface area contributed by atoms with Crippen LogP contribution in [-0.2, 0) is 31.7 Å². The highest BCUT2D eigenvalue weighted by atomic mass is 16.2. The number of pyridine rings is 2. The Morgan fingerprint density at radius 2 is 1.72 bits per heavy atom. The Morgan fingerprint density at radius 1 is 0.972 bits per heavy atom. The summed E-state index contributed by atoms with van der Waals surface area (Å²) in [6.45, 7) is 2.66. The molecule has 0 bridgehead atoms. The van der Waals surface area contributed by atoms with Crippen LogP contribution in [0.2, 0.25) is 0 Å². The number of unbranched alkanes of at least 4 members (excludes halogenated alkanes) is 1. The van der Waals surface area contributed by atoms with Crippen molar-refractivity contribution >= 4 is 17.1 Å². The fourth-order valence-electron chi connectivity index (χ4n) is 4.13. The van der Waals surface area contributed by atoms with E-state index in [1.807, 2.05) is 31.3 Å². The molecule has 0 spiro atoms. The first-order valence-corrected chi connectivity index (χ1v) is 12.1. The minimum absolute atomic E-state index is 0.00820. The topological polar surface area (TPSA) is 128 Å². The zero-order valence-corrected chi connectivity index (χ0v) is 20.9. The molecule has 10 nitrogen and oxygen atoms in total. The molecule has 4 aromatic rings. The third-order valence-corrected chi connectivity index (χ3v) is 6.18. The van der Waals surface area contributed by atoms with Crippen LogP contribution in [0.3, 0.4) is 0 Å². The van der Waals surface area contributed by atoms with Crippen LogP contribution in [0.1, 0.15) is 42.6 Å². The second-order valence-electron chi connectivity index (χ2n) is 9.02. The number of aromatic amines is 1. The molecule has 188 valence electrons. The zero-order valence-electron chi connectivity index (χ0n) is 20.9. The molecule has 36 heavy (non-hydrogen) atoms. The predicted molar refractivity (Wildman–Crippen MR) is 138 cm³/mol. The maximum absolute atomic E-state index is 12.3. The first-order chi connectivity index (χ1) is 17.3. The van der Waals surface area contributed by atoms with Gasteiger partial charge >= 0.3 is 5.69 Å². The number of aryl methyl sites for hydroxylation is 4. The number of imidazole rings is 1. The van der Waals surface area contributed by atoms with E-state index in [1.165, 1.54) is 17.2 Å². The monoisotopic (exact) mass is 489 g/mol. The van der Waals surface area contributed by atoms with Gasteiger partial charge in [0.05, 0.1) is 11.4 Å². The van der Waals surface area contributed by atoms with Crippen LogP contribution >= 0.6 is 0 Å². The van der Waals surface area contributed by atoms with Crippen LogP contribution in [0.4, 0.5) is 0 Å². The first kappa shape index (κ1) is 25.0. The Balaban J connectivity index is 1.18. The Bertz CT molecular complexity index is 1500. The Morgan fingerprint density at radius 3 is 2.50 bits per heavy atom. The summed E-state index contributed by atoms with van der Waals surface area (Å²) in [4.78, 5) is 52.7. The average Bonchev–Trinajstić information content (AvgIpc) is 3.30. The van der Waals surface area contributed by atoms with Crippen molar-refractivity contribution in [2.75, 3.05) is 6.54 Å². The molecule has 0 saturated heterocycles. The zero-order chi connectivity index (χ0) is 25.7. The van der Waals surface area contributed by atoms with Crippen molar-refractivity contribution in [2.24, 2.45) is 14.1 Å². The molecule has 0 unspecified atom stereocenters. The minimum atomic E-state index is -0.419. The van der Waals surface area contributed by atoms with Crippen LogP contribution in [-0.4, -0.2) is 41.5 Å². The smallest absolute Gasteiger partial charge is 0.332 e. The molecule has 0 aromatic carbocycles. The largest absolute Gasteiger partial charge is 0.356 e. The van der Waals surface area contributed by atoms with Crippen LogP contribution in [0.5, 0.6) is 0 Å². The lowest BCUT2D eigenvalue weighted by Gasteiger charge is -2.07. The molecule has 2 N–H and O–H groups in total. The van der Waals surface area contributed by atoms with E-state index in [1.54, 1.807) is 13.2 Å². The molecular weight excluding hydrogens is 458 g/mol. The molecule has 4 heterocycles. The van der Waals surface area contributed by atoms with Crippen molar-refractivity contribution in [3.8, 4) is 11.4 Å². The number of aromatic nitrogens is 6. The number of carbonyl (C=O) groups is 1. The quantitative estimate of drug-likeness (QED) is 0.329. The van der Waals surface area contributed by atoms with Crippen molar-refractivity contribution in [1.29, 1.82) is 0 Å². The maximum atomic E-state index is 12.3. The highest BCUT2D eigenvalue weighted by molar-refractivity contribution is 5.75. The van der Waals surface area contributed by atoms with Gasteiger partial charge in [-0.05, 0) is 68.0 Å². The van der Waals surface area contributed by atoms with Gasteiger partial charge in [-0.25, -0.2) is 9.78 Å². The van der Waals surface area contributed by atoms with E-state index in [0.29, 0.717) is 42.8 Å². The van der Waals surface area contributed by atoms with Gasteiger partial charge in [0, 0.05) is 45.9 Å². The predicted octanol–water partition coefficient (Wildman–Crippen LogP) is 2.19. The second-order valence-corrected chi connectivity index (χ2v) is 9.02. The van der Waals surface area contributed by atoms with E-state index in [9.17, 15) is 14.4 Å². The average molecular weight is 490 g/mol. The molecule has 0 aliphatic heterocycles. The van der Waals surface area contributed by atoms with E-state index >= 15 is 0 Å². The van der Waals surface area contributed by atoms with Gasteiger partial charge < -0.3 is 10.3 Å². The molecule has 0 aliphatic rings. The molecule has 0 fully saturated rings. The summed E-state index contributed by atoms with van der Waals surface area (Å²) in [6, 6.07) is 8.09. The van der Waals surface area contributed by atoms with Crippen LogP contribution < -0.4 is 16.6 Å². The van der Waals surface area contributed by atoms with Crippen molar-refractivity contribution < 1.29 is 4.79 Å². The molecule has 10 heteroatoms. The standard InChI is InChI=1S/C26H31N7O3/c1-17-10-13-27-19(15-17)20-16-18(11-14-28-20)7-4-5-12-29-22(34)9-6-8-21-30-23-24(31-21)32(2)26(36)33(3)25(23)35/h10-11,13-16H,4-9,12H2,1-3H3,(H,29,34)(H,30,31). The molecule has 0 saturated carbocycles. The number of fused-ring (bicyclic) bond motifs is 1. The van der Waals surface area contributed by atoms with Crippen LogP contribution in [0, 0.1) is 6.92 Å². The fourth-order valence-corrected chi connectivity index (χ4v) is 4.13. The molecule has 4 rings (SSSR count). The number of rotatable bonds is 10. The summed E-state index contributed by atoms with van der Waals surface area (Å²) in [7, 11) is 3.02. The molecule has 0 radical (unpaired) electrons. The van der Waals surface area contributed by atoms with Crippen LogP contribution in [0.15, 0.2) is 46.2 Å². The van der Waals surface area contributed by atoms with E-state index in [0.717, 1.165) is 40.8 Å². The third-order valence-electron chi connectivity index (χ3n) is 6.18. The Hall–Kier alpha value is -4.08. The van der Waals surface area contributed by atoms with Gasteiger partial charge in [-0.3, -0.25) is 28.7 Å². The van der Waals surface area contributed by atoms with Gasteiger partial charge in [-0.2, -0.15) is 0 Å². The summed E-state index contributed by atoms with van der Waals surface area (Å²) in [5.74, 6) is 0.583. The van der Waals surface area contributed by atoms with Crippen molar-refractivity contribution in [3.05, 3.63) is 74.4 Å². The lowest BCUT2D eigenvalue weighted by molar-refractivity contribution is -0.121. The number of nitrogens with one attached hydrogen (secondary N) is 2. The van der Waals surface area contributed by atoms with Gasteiger partial charge in [0.1, 0.15) is 11.3 Å². The Labute approximate surface area is 208 Å². The third kappa shape index (κ3) is 5.76. The van der Waals surface area contributed by atoms with Crippen molar-refractivity contribution in [2.45, 2.75) is 45.4 Å².